The first kappa shape index (κ1) is 33.8. The van der Waals surface area contributed by atoms with Gasteiger partial charge in [0.1, 0.15) is 17.7 Å². The number of rotatable bonds is 10. The minimum absolute atomic E-state index is 0.142. The topological polar surface area (TPSA) is 128 Å². The number of nitro benzene ring substituents is 1. The number of amides is 1. The van der Waals surface area contributed by atoms with Crippen LogP contribution in [0.4, 0.5) is 27.6 Å². The van der Waals surface area contributed by atoms with Crippen molar-refractivity contribution in [2.75, 3.05) is 13.2 Å². The molecule has 1 N–H and O–H groups in total. The number of carbonyl (C=O) groups is 2. The van der Waals surface area contributed by atoms with Gasteiger partial charge in [0.2, 0.25) is 0 Å². The smallest absolute Gasteiger partial charge is 0.433 e. The molecule has 0 bridgehead atoms. The van der Waals surface area contributed by atoms with Gasteiger partial charge in [-0.2, -0.15) is 18.3 Å². The maximum Gasteiger partial charge on any atom is 0.433 e. The molecule has 1 saturated carbocycles. The van der Waals surface area contributed by atoms with Crippen molar-refractivity contribution < 1.29 is 46.3 Å². The van der Waals surface area contributed by atoms with Gasteiger partial charge in [-0.15, -0.1) is 0 Å². The zero-order chi connectivity index (χ0) is 33.1. The molecule has 242 valence electrons. The minimum Gasteiger partial charge on any atom is -0.466 e. The van der Waals surface area contributed by atoms with E-state index in [-0.39, 0.29) is 42.9 Å². The monoisotopic (exact) mass is 658 g/mol. The molecule has 1 amide bonds. The molecule has 1 aromatic heterocycles. The molecule has 0 saturated heterocycles. The van der Waals surface area contributed by atoms with E-state index in [4.69, 9.17) is 16.3 Å². The summed E-state index contributed by atoms with van der Waals surface area (Å²) < 4.78 is 77.3. The summed E-state index contributed by atoms with van der Waals surface area (Å²) in [5, 5.41) is 26.2. The van der Waals surface area contributed by atoms with Crippen LogP contribution in [0.25, 0.3) is 0 Å². The fraction of sp³-hybridized carbons (Fsp3) is 0.414. The van der Waals surface area contributed by atoms with E-state index in [2.05, 4.69) is 5.10 Å². The number of aliphatic hydroxyl groups is 1. The molecule has 1 unspecified atom stereocenters. The summed E-state index contributed by atoms with van der Waals surface area (Å²) >= 11 is 6.11. The highest BCUT2D eigenvalue weighted by Gasteiger charge is 2.43. The predicted octanol–water partition coefficient (Wildman–Crippen LogP) is 6.41. The highest BCUT2D eigenvalue weighted by Crippen LogP contribution is 2.40. The van der Waals surface area contributed by atoms with Gasteiger partial charge in [-0.1, -0.05) is 17.7 Å². The Morgan fingerprint density at radius 1 is 1.18 bits per heavy atom. The lowest BCUT2D eigenvalue weighted by atomic mass is 9.86. The van der Waals surface area contributed by atoms with Gasteiger partial charge in [-0.05, 0) is 56.4 Å². The summed E-state index contributed by atoms with van der Waals surface area (Å²) in [7, 11) is 0. The van der Waals surface area contributed by atoms with E-state index in [0.717, 1.165) is 18.2 Å². The molecule has 16 heteroatoms. The highest BCUT2D eigenvalue weighted by molar-refractivity contribution is 6.31. The first-order chi connectivity index (χ1) is 21.2. The lowest BCUT2D eigenvalue weighted by molar-refractivity contribution is -0.386. The zero-order valence-electron chi connectivity index (χ0n) is 23.8. The molecule has 4 rings (SSSR count). The number of ether oxygens (including phenoxy) is 1. The number of hydrogen-bond donors (Lipinski definition) is 1. The van der Waals surface area contributed by atoms with Gasteiger partial charge >= 0.3 is 12.1 Å². The van der Waals surface area contributed by atoms with Crippen LogP contribution in [0.3, 0.4) is 0 Å². The molecule has 2 aromatic carbocycles. The van der Waals surface area contributed by atoms with Gasteiger partial charge in [0.05, 0.1) is 52.4 Å². The Labute approximate surface area is 258 Å². The van der Waals surface area contributed by atoms with E-state index in [1.807, 2.05) is 0 Å². The Kier molecular flexibility index (Phi) is 10.4. The first-order valence-corrected chi connectivity index (χ1v) is 14.2. The van der Waals surface area contributed by atoms with Crippen LogP contribution in [0.5, 0.6) is 0 Å². The third-order valence-corrected chi connectivity index (χ3v) is 7.82. The van der Waals surface area contributed by atoms with Crippen molar-refractivity contribution in [2.45, 2.75) is 57.5 Å². The summed E-state index contributed by atoms with van der Waals surface area (Å²) in [6.07, 6.45) is -5.49. The Morgan fingerprint density at radius 2 is 1.82 bits per heavy atom. The van der Waals surface area contributed by atoms with E-state index < -0.39 is 88.3 Å². The lowest BCUT2D eigenvalue weighted by Gasteiger charge is -2.29. The highest BCUT2D eigenvalue weighted by atomic mass is 35.5. The third kappa shape index (κ3) is 7.76. The van der Waals surface area contributed by atoms with E-state index in [1.165, 1.54) is 12.1 Å². The fourth-order valence-electron chi connectivity index (χ4n) is 5.52. The van der Waals surface area contributed by atoms with Crippen molar-refractivity contribution in [1.82, 2.24) is 14.7 Å². The van der Waals surface area contributed by atoms with Gasteiger partial charge in [0, 0.05) is 18.7 Å². The predicted molar refractivity (Wildman–Crippen MR) is 149 cm³/mol. The second-order valence-electron chi connectivity index (χ2n) is 10.5. The molecule has 1 heterocycles. The van der Waals surface area contributed by atoms with E-state index >= 15 is 0 Å². The van der Waals surface area contributed by atoms with Gasteiger partial charge in [-0.25, -0.2) is 8.78 Å². The second kappa shape index (κ2) is 13.9. The van der Waals surface area contributed by atoms with Crippen molar-refractivity contribution in [3.05, 3.63) is 91.8 Å². The van der Waals surface area contributed by atoms with Crippen molar-refractivity contribution >= 4 is 29.2 Å². The summed E-state index contributed by atoms with van der Waals surface area (Å²) in [5.74, 6) is -4.29. The van der Waals surface area contributed by atoms with Crippen molar-refractivity contribution in [1.29, 1.82) is 0 Å². The normalized spacial score (nSPS) is 17.5. The SMILES string of the molecule is CCOC(=O)C1CCC(n2ncc(C(=O)N(Cc3cc(F)cc(F)c3)CC(O)c3c(Cl)cccc3[N+](=O)[O-])c2C(F)(F)F)CC1. The van der Waals surface area contributed by atoms with Crippen LogP contribution in [0.2, 0.25) is 5.02 Å². The third-order valence-electron chi connectivity index (χ3n) is 7.49. The second-order valence-corrected chi connectivity index (χ2v) is 10.9. The van der Waals surface area contributed by atoms with Gasteiger partial charge in [0.15, 0.2) is 5.69 Å². The van der Waals surface area contributed by atoms with Crippen molar-refractivity contribution in [2.24, 2.45) is 5.92 Å². The van der Waals surface area contributed by atoms with Crippen LogP contribution < -0.4 is 0 Å². The van der Waals surface area contributed by atoms with Crippen LogP contribution in [-0.2, 0) is 22.3 Å². The van der Waals surface area contributed by atoms with E-state index in [1.54, 1.807) is 6.92 Å². The molecule has 1 fully saturated rings. The average Bonchev–Trinajstić information content (AvgIpc) is 3.42. The number of nitro groups is 1. The number of aliphatic hydroxyl groups excluding tert-OH is 1. The van der Waals surface area contributed by atoms with Crippen molar-refractivity contribution in [3.63, 3.8) is 0 Å². The molecule has 0 spiro atoms. The minimum atomic E-state index is -5.09. The van der Waals surface area contributed by atoms with Crippen LogP contribution in [0.1, 0.15) is 71.9 Å². The Morgan fingerprint density at radius 3 is 2.40 bits per heavy atom. The number of alkyl halides is 3. The quantitative estimate of drug-likeness (QED) is 0.115. The Hall–Kier alpha value is -4.11. The van der Waals surface area contributed by atoms with Crippen molar-refractivity contribution in [3.8, 4) is 0 Å². The molecule has 1 aliphatic carbocycles. The molecule has 1 aliphatic rings. The van der Waals surface area contributed by atoms with Gasteiger partial charge in [0.25, 0.3) is 11.6 Å². The zero-order valence-corrected chi connectivity index (χ0v) is 24.5. The van der Waals surface area contributed by atoms with Crippen LogP contribution in [0.15, 0.2) is 42.6 Å². The molecule has 3 aromatic rings. The Bertz CT molecular complexity index is 1550. The summed E-state index contributed by atoms with van der Waals surface area (Å²) in [4.78, 5) is 37.4. The summed E-state index contributed by atoms with van der Waals surface area (Å²) in [6.45, 7) is 0.285. The molecule has 0 radical (unpaired) electrons. The van der Waals surface area contributed by atoms with Gasteiger partial charge in [-0.3, -0.25) is 24.4 Å². The van der Waals surface area contributed by atoms with Crippen LogP contribution in [-0.4, -0.2) is 49.7 Å². The van der Waals surface area contributed by atoms with Crippen LogP contribution in [0, 0.1) is 27.7 Å². The first-order valence-electron chi connectivity index (χ1n) is 13.9. The average molecular weight is 659 g/mol. The fourth-order valence-corrected chi connectivity index (χ4v) is 5.82. The largest absolute Gasteiger partial charge is 0.466 e. The molecule has 1 atom stereocenters. The number of benzene rings is 2. The van der Waals surface area contributed by atoms with Crippen LogP contribution >= 0.6 is 11.6 Å². The molecule has 45 heavy (non-hydrogen) atoms. The standard InChI is InChI=1S/C29H28ClF5N4O6/c1-2-45-28(42)17-6-8-20(9-7-17)38-26(29(33,34)35)21(13-36-38)27(41)37(14-16-10-18(31)12-19(32)11-16)15-24(40)25-22(30)4-3-5-23(25)39(43)44/h3-5,10-13,17,20,24,40H,2,6-9,14-15H2,1H3. The molecular formula is C29H28ClF5N4O6. The number of carbonyl (C=O) groups excluding carboxylic acids is 2. The lowest BCUT2D eigenvalue weighted by Crippen LogP contribution is -2.36. The van der Waals surface area contributed by atoms with E-state index in [9.17, 15) is 46.8 Å². The number of hydrogen-bond acceptors (Lipinski definition) is 7. The Balaban J connectivity index is 1.71. The number of aromatic nitrogens is 2. The molecule has 0 aliphatic heterocycles. The van der Waals surface area contributed by atoms with E-state index in [0.29, 0.717) is 21.8 Å². The number of esters is 1. The summed E-state index contributed by atoms with van der Waals surface area (Å²) in [6, 6.07) is 4.98. The number of nitrogens with zero attached hydrogens (tertiary/aromatic N) is 4. The summed E-state index contributed by atoms with van der Waals surface area (Å²) in [5.41, 5.74) is -3.48. The molecule has 10 nitrogen and oxygen atoms in total. The van der Waals surface area contributed by atoms with Gasteiger partial charge < -0.3 is 14.7 Å². The maximum atomic E-state index is 14.5. The maximum absolute atomic E-state index is 14.5. The molecular weight excluding hydrogens is 631 g/mol. The number of halogens is 6.